The van der Waals surface area contributed by atoms with Crippen molar-refractivity contribution < 1.29 is 14.3 Å². The smallest absolute Gasteiger partial charge is 0.316 e. The Labute approximate surface area is 142 Å². The summed E-state index contributed by atoms with van der Waals surface area (Å²) >= 11 is 0. The molecule has 2 aromatic rings. The zero-order valence-corrected chi connectivity index (χ0v) is 14.2. The standard InChI is InChI=1S/C20H21NO3/c1-13-4-7-17(8-5-13)21-12-16(11-19(21)22)20(23)24-18-9-6-14(2)15(3)10-18/h4-10,16H,11-12H2,1-3H3. The molecule has 1 aliphatic rings. The minimum atomic E-state index is -0.430. The van der Waals surface area contributed by atoms with Crippen LogP contribution >= 0.6 is 0 Å². The fraction of sp³-hybridized carbons (Fsp3) is 0.300. The number of esters is 1. The number of hydrogen-bond donors (Lipinski definition) is 0. The van der Waals surface area contributed by atoms with Crippen LogP contribution in [0.2, 0.25) is 0 Å². The summed E-state index contributed by atoms with van der Waals surface area (Å²) < 4.78 is 5.47. The number of amides is 1. The molecule has 1 atom stereocenters. The van der Waals surface area contributed by atoms with Crippen LogP contribution in [-0.2, 0) is 9.59 Å². The lowest BCUT2D eigenvalue weighted by Gasteiger charge is -2.16. The number of benzene rings is 2. The van der Waals surface area contributed by atoms with E-state index in [0.717, 1.165) is 22.4 Å². The van der Waals surface area contributed by atoms with Gasteiger partial charge in [-0.15, -0.1) is 0 Å². The maximum absolute atomic E-state index is 12.4. The molecule has 1 aliphatic heterocycles. The van der Waals surface area contributed by atoms with Crippen LogP contribution in [0.1, 0.15) is 23.1 Å². The molecule has 24 heavy (non-hydrogen) atoms. The Balaban J connectivity index is 1.69. The van der Waals surface area contributed by atoms with Gasteiger partial charge >= 0.3 is 5.97 Å². The Bertz CT molecular complexity index is 780. The lowest BCUT2D eigenvalue weighted by molar-refractivity contribution is -0.139. The van der Waals surface area contributed by atoms with Crippen molar-refractivity contribution in [2.24, 2.45) is 5.92 Å². The van der Waals surface area contributed by atoms with Gasteiger partial charge in [0.15, 0.2) is 0 Å². The third kappa shape index (κ3) is 3.32. The summed E-state index contributed by atoms with van der Waals surface area (Å²) in [5.74, 6) is -0.285. The quantitative estimate of drug-likeness (QED) is 0.641. The predicted molar refractivity (Wildman–Crippen MR) is 93.2 cm³/mol. The van der Waals surface area contributed by atoms with Crippen LogP contribution in [0.3, 0.4) is 0 Å². The number of hydrogen-bond acceptors (Lipinski definition) is 3. The first-order valence-electron chi connectivity index (χ1n) is 8.10. The minimum absolute atomic E-state index is 0.0408. The van der Waals surface area contributed by atoms with E-state index in [2.05, 4.69) is 0 Å². The van der Waals surface area contributed by atoms with Crippen molar-refractivity contribution in [3.05, 3.63) is 59.2 Å². The van der Waals surface area contributed by atoms with Crippen LogP contribution in [-0.4, -0.2) is 18.4 Å². The first-order chi connectivity index (χ1) is 11.4. The maximum Gasteiger partial charge on any atom is 0.316 e. The number of rotatable bonds is 3. The van der Waals surface area contributed by atoms with Gasteiger partial charge in [-0.1, -0.05) is 23.8 Å². The number of nitrogens with zero attached hydrogens (tertiary/aromatic N) is 1. The Hall–Kier alpha value is -2.62. The van der Waals surface area contributed by atoms with Gasteiger partial charge < -0.3 is 9.64 Å². The molecule has 1 unspecified atom stereocenters. The molecule has 2 aromatic carbocycles. The Kier molecular flexibility index (Phi) is 4.38. The van der Waals surface area contributed by atoms with E-state index in [9.17, 15) is 9.59 Å². The largest absolute Gasteiger partial charge is 0.426 e. The lowest BCUT2D eigenvalue weighted by Crippen LogP contribution is -2.27. The highest BCUT2D eigenvalue weighted by atomic mass is 16.5. The first-order valence-corrected chi connectivity index (χ1v) is 8.10. The number of carbonyl (C=O) groups is 2. The van der Waals surface area contributed by atoms with Crippen molar-refractivity contribution in [3.8, 4) is 5.75 Å². The molecule has 1 heterocycles. The van der Waals surface area contributed by atoms with Crippen molar-refractivity contribution in [1.82, 2.24) is 0 Å². The number of aryl methyl sites for hydroxylation is 3. The highest BCUT2D eigenvalue weighted by Gasteiger charge is 2.36. The van der Waals surface area contributed by atoms with Crippen molar-refractivity contribution in [2.75, 3.05) is 11.4 Å². The number of carbonyl (C=O) groups excluding carboxylic acids is 2. The highest BCUT2D eigenvalue weighted by molar-refractivity contribution is 5.99. The number of ether oxygens (including phenoxy) is 1. The van der Waals surface area contributed by atoms with Gasteiger partial charge in [-0.25, -0.2) is 0 Å². The molecule has 3 rings (SSSR count). The molecule has 0 spiro atoms. The van der Waals surface area contributed by atoms with Gasteiger partial charge in [0.05, 0.1) is 5.92 Å². The van der Waals surface area contributed by atoms with Crippen molar-refractivity contribution in [2.45, 2.75) is 27.2 Å². The molecule has 1 fully saturated rings. The van der Waals surface area contributed by atoms with E-state index in [4.69, 9.17) is 4.74 Å². The second-order valence-electron chi connectivity index (χ2n) is 6.41. The molecule has 4 nitrogen and oxygen atoms in total. The normalized spacial score (nSPS) is 17.2. The summed E-state index contributed by atoms with van der Waals surface area (Å²) in [6.45, 7) is 6.35. The molecule has 0 saturated carbocycles. The average Bonchev–Trinajstić information content (AvgIpc) is 2.94. The monoisotopic (exact) mass is 323 g/mol. The molecule has 1 amide bonds. The van der Waals surface area contributed by atoms with Crippen LogP contribution < -0.4 is 9.64 Å². The van der Waals surface area contributed by atoms with E-state index in [0.29, 0.717) is 12.3 Å². The zero-order chi connectivity index (χ0) is 17.3. The Morgan fingerprint density at radius 1 is 1.04 bits per heavy atom. The van der Waals surface area contributed by atoms with E-state index in [-0.39, 0.29) is 18.3 Å². The molecule has 4 heteroatoms. The summed E-state index contributed by atoms with van der Waals surface area (Å²) in [4.78, 5) is 26.3. The topological polar surface area (TPSA) is 46.6 Å². The van der Waals surface area contributed by atoms with Gasteiger partial charge in [-0.05, 0) is 56.2 Å². The fourth-order valence-electron chi connectivity index (χ4n) is 2.82. The summed E-state index contributed by atoms with van der Waals surface area (Å²) in [7, 11) is 0. The second-order valence-corrected chi connectivity index (χ2v) is 6.41. The molecule has 0 radical (unpaired) electrons. The van der Waals surface area contributed by atoms with Crippen LogP contribution in [0.15, 0.2) is 42.5 Å². The number of anilines is 1. The summed E-state index contributed by atoms with van der Waals surface area (Å²) in [5.41, 5.74) is 4.18. The molecular formula is C20H21NO3. The molecular weight excluding hydrogens is 302 g/mol. The average molecular weight is 323 g/mol. The maximum atomic E-state index is 12.4. The molecule has 0 aliphatic carbocycles. The van der Waals surface area contributed by atoms with E-state index >= 15 is 0 Å². The molecule has 124 valence electrons. The second kappa shape index (κ2) is 6.48. The van der Waals surface area contributed by atoms with Gasteiger partial charge in [-0.2, -0.15) is 0 Å². The molecule has 0 N–H and O–H groups in total. The minimum Gasteiger partial charge on any atom is -0.426 e. The summed E-state index contributed by atoms with van der Waals surface area (Å²) in [6.07, 6.45) is 0.192. The SMILES string of the molecule is Cc1ccc(N2CC(C(=O)Oc3ccc(C)c(C)c3)CC2=O)cc1. The van der Waals surface area contributed by atoms with Crippen molar-refractivity contribution in [3.63, 3.8) is 0 Å². The van der Waals surface area contributed by atoms with Crippen LogP contribution in [0.4, 0.5) is 5.69 Å². The highest BCUT2D eigenvalue weighted by Crippen LogP contribution is 2.27. The van der Waals surface area contributed by atoms with Gasteiger partial charge in [0.2, 0.25) is 5.91 Å². The van der Waals surface area contributed by atoms with Gasteiger partial charge in [0, 0.05) is 18.7 Å². The van der Waals surface area contributed by atoms with E-state index < -0.39 is 5.92 Å². The van der Waals surface area contributed by atoms with Crippen LogP contribution in [0, 0.1) is 26.7 Å². The van der Waals surface area contributed by atoms with E-state index in [1.54, 1.807) is 11.0 Å². The van der Waals surface area contributed by atoms with Gasteiger partial charge in [-0.3, -0.25) is 9.59 Å². The predicted octanol–water partition coefficient (Wildman–Crippen LogP) is 3.57. The van der Waals surface area contributed by atoms with Gasteiger partial charge in [0.1, 0.15) is 5.75 Å². The van der Waals surface area contributed by atoms with E-state index in [1.165, 1.54) is 0 Å². The van der Waals surface area contributed by atoms with Crippen molar-refractivity contribution >= 4 is 17.6 Å². The van der Waals surface area contributed by atoms with E-state index in [1.807, 2.05) is 57.2 Å². The van der Waals surface area contributed by atoms with Crippen LogP contribution in [0.5, 0.6) is 5.75 Å². The molecule has 0 aromatic heterocycles. The first kappa shape index (κ1) is 16.2. The molecule has 1 saturated heterocycles. The van der Waals surface area contributed by atoms with Crippen LogP contribution in [0.25, 0.3) is 0 Å². The Morgan fingerprint density at radius 3 is 2.42 bits per heavy atom. The summed E-state index contributed by atoms with van der Waals surface area (Å²) in [6, 6.07) is 13.3. The third-order valence-corrected chi connectivity index (χ3v) is 4.50. The van der Waals surface area contributed by atoms with Gasteiger partial charge in [0.25, 0.3) is 0 Å². The zero-order valence-electron chi connectivity index (χ0n) is 14.2. The Morgan fingerprint density at radius 2 is 1.75 bits per heavy atom. The van der Waals surface area contributed by atoms with Crippen molar-refractivity contribution in [1.29, 1.82) is 0 Å². The third-order valence-electron chi connectivity index (χ3n) is 4.50. The lowest BCUT2D eigenvalue weighted by atomic mass is 10.1. The summed E-state index contributed by atoms with van der Waals surface area (Å²) in [5, 5.41) is 0. The fourth-order valence-corrected chi connectivity index (χ4v) is 2.82. The molecule has 0 bridgehead atoms.